The van der Waals surface area contributed by atoms with Gasteiger partial charge >= 0.3 is 0 Å². The number of aryl methyl sites for hydroxylation is 1. The van der Waals surface area contributed by atoms with Gasteiger partial charge in [-0.3, -0.25) is 9.39 Å². The minimum Gasteiger partial charge on any atom is -0.396 e. The number of fused-ring (bicyclic) bond motifs is 1. The highest BCUT2D eigenvalue weighted by Crippen LogP contribution is 2.11. The van der Waals surface area contributed by atoms with Crippen LogP contribution in [0, 0.1) is 5.92 Å². The van der Waals surface area contributed by atoms with Gasteiger partial charge in [0.1, 0.15) is 5.82 Å². The molecule has 0 radical (unpaired) electrons. The maximum Gasteiger partial charge on any atom is 0.191 e. The van der Waals surface area contributed by atoms with Crippen LogP contribution in [0.1, 0.15) is 45.4 Å². The number of pyridine rings is 1. The Morgan fingerprint density at radius 3 is 2.88 bits per heavy atom. The Morgan fingerprint density at radius 2 is 2.12 bits per heavy atom. The molecule has 3 N–H and O–H groups in total. The highest BCUT2D eigenvalue weighted by atomic mass is 16.3. The van der Waals surface area contributed by atoms with Crippen LogP contribution in [0.2, 0.25) is 0 Å². The molecule has 7 nitrogen and oxygen atoms in total. The molecule has 0 aliphatic rings. The van der Waals surface area contributed by atoms with Crippen molar-refractivity contribution in [3.63, 3.8) is 0 Å². The molecular formula is C19H32N6O. The minimum atomic E-state index is 0.233. The SMILES string of the molecule is CCCC(CCO)CN=C(NCC)NCCCc1nnc2ccccn12. The number of rotatable bonds is 11. The summed E-state index contributed by atoms with van der Waals surface area (Å²) >= 11 is 0. The predicted octanol–water partition coefficient (Wildman–Crippen LogP) is 2.02. The Kier molecular flexibility index (Phi) is 8.89. The lowest BCUT2D eigenvalue weighted by Crippen LogP contribution is -2.38. The van der Waals surface area contributed by atoms with Crippen LogP contribution in [-0.4, -0.2) is 51.9 Å². The van der Waals surface area contributed by atoms with Crippen molar-refractivity contribution in [3.05, 3.63) is 30.2 Å². The molecule has 0 bridgehead atoms. The van der Waals surface area contributed by atoms with Gasteiger partial charge in [0.2, 0.25) is 0 Å². The van der Waals surface area contributed by atoms with Crippen molar-refractivity contribution in [2.75, 3.05) is 26.2 Å². The lowest BCUT2D eigenvalue weighted by atomic mass is 10.0. The third-order valence-electron chi connectivity index (χ3n) is 4.34. The first-order valence-corrected chi connectivity index (χ1v) is 9.70. The van der Waals surface area contributed by atoms with Crippen molar-refractivity contribution in [2.45, 2.75) is 46.0 Å². The van der Waals surface area contributed by atoms with Gasteiger partial charge < -0.3 is 15.7 Å². The molecule has 0 aliphatic heterocycles. The molecular weight excluding hydrogens is 328 g/mol. The highest BCUT2D eigenvalue weighted by Gasteiger charge is 2.08. The number of guanidine groups is 1. The van der Waals surface area contributed by atoms with Crippen molar-refractivity contribution < 1.29 is 5.11 Å². The van der Waals surface area contributed by atoms with Gasteiger partial charge in [-0.2, -0.15) is 0 Å². The molecule has 0 fully saturated rings. The molecule has 0 aromatic carbocycles. The molecule has 2 aromatic rings. The largest absolute Gasteiger partial charge is 0.396 e. The van der Waals surface area contributed by atoms with Crippen LogP contribution >= 0.6 is 0 Å². The molecule has 2 heterocycles. The quantitative estimate of drug-likeness (QED) is 0.324. The van der Waals surface area contributed by atoms with Crippen LogP contribution in [0.4, 0.5) is 0 Å². The zero-order valence-electron chi connectivity index (χ0n) is 16.0. The van der Waals surface area contributed by atoms with E-state index in [2.05, 4.69) is 39.7 Å². The summed E-state index contributed by atoms with van der Waals surface area (Å²) in [5.41, 5.74) is 0.885. The molecule has 2 rings (SSSR count). The fourth-order valence-electron chi connectivity index (χ4n) is 2.99. The van der Waals surface area contributed by atoms with Crippen LogP contribution in [-0.2, 0) is 6.42 Å². The number of hydrogen-bond donors (Lipinski definition) is 3. The molecule has 0 saturated heterocycles. The van der Waals surface area contributed by atoms with Crippen LogP contribution in [0.3, 0.4) is 0 Å². The van der Waals surface area contributed by atoms with Crippen molar-refractivity contribution in [1.82, 2.24) is 25.2 Å². The summed E-state index contributed by atoms with van der Waals surface area (Å²) < 4.78 is 2.03. The second kappa shape index (κ2) is 11.5. The fourth-order valence-corrected chi connectivity index (χ4v) is 2.99. The van der Waals surface area contributed by atoms with Crippen molar-refractivity contribution in [1.29, 1.82) is 0 Å². The summed E-state index contributed by atoms with van der Waals surface area (Å²) in [6.07, 6.45) is 6.85. The van der Waals surface area contributed by atoms with Crippen LogP contribution in [0.15, 0.2) is 29.4 Å². The zero-order chi connectivity index (χ0) is 18.6. The summed E-state index contributed by atoms with van der Waals surface area (Å²) in [4.78, 5) is 4.69. The predicted molar refractivity (Wildman–Crippen MR) is 105 cm³/mol. The van der Waals surface area contributed by atoms with E-state index in [4.69, 9.17) is 0 Å². The van der Waals surface area contributed by atoms with Gasteiger partial charge in [0, 0.05) is 38.9 Å². The second-order valence-corrected chi connectivity index (χ2v) is 6.46. The smallest absolute Gasteiger partial charge is 0.191 e. The van der Waals surface area contributed by atoms with Gasteiger partial charge in [-0.15, -0.1) is 10.2 Å². The van der Waals surface area contributed by atoms with E-state index in [1.165, 1.54) is 0 Å². The molecule has 144 valence electrons. The Balaban J connectivity index is 1.81. The van der Waals surface area contributed by atoms with E-state index >= 15 is 0 Å². The van der Waals surface area contributed by atoms with E-state index in [1.54, 1.807) is 0 Å². The van der Waals surface area contributed by atoms with Gasteiger partial charge in [-0.05, 0) is 44.2 Å². The molecule has 7 heteroatoms. The summed E-state index contributed by atoms with van der Waals surface area (Å²) in [7, 11) is 0. The molecule has 0 aliphatic carbocycles. The van der Waals surface area contributed by atoms with Gasteiger partial charge in [-0.25, -0.2) is 0 Å². The Hall–Kier alpha value is -2.15. The Bertz CT molecular complexity index is 663. The van der Waals surface area contributed by atoms with E-state index < -0.39 is 0 Å². The lowest BCUT2D eigenvalue weighted by Gasteiger charge is -2.15. The fraction of sp³-hybridized carbons (Fsp3) is 0.632. The van der Waals surface area contributed by atoms with Gasteiger partial charge in [0.15, 0.2) is 11.6 Å². The van der Waals surface area contributed by atoms with Crippen LogP contribution in [0.5, 0.6) is 0 Å². The average Bonchev–Trinajstić information content (AvgIpc) is 3.06. The normalized spacial score (nSPS) is 13.1. The first-order chi connectivity index (χ1) is 12.8. The van der Waals surface area contributed by atoms with Crippen molar-refractivity contribution >= 4 is 11.6 Å². The topological polar surface area (TPSA) is 86.8 Å². The van der Waals surface area contributed by atoms with Crippen molar-refractivity contribution in [3.8, 4) is 0 Å². The number of nitrogens with zero attached hydrogens (tertiary/aromatic N) is 4. The number of nitrogens with one attached hydrogen (secondary N) is 2. The molecule has 1 atom stereocenters. The third-order valence-corrected chi connectivity index (χ3v) is 4.34. The maximum atomic E-state index is 9.18. The van der Waals surface area contributed by atoms with E-state index in [0.717, 1.165) is 69.2 Å². The van der Waals surface area contributed by atoms with Crippen molar-refractivity contribution in [2.24, 2.45) is 10.9 Å². The number of aliphatic imine (C=N–C) groups is 1. The van der Waals surface area contributed by atoms with E-state index in [0.29, 0.717) is 5.92 Å². The Labute approximate surface area is 155 Å². The van der Waals surface area contributed by atoms with E-state index in [1.807, 2.05) is 28.8 Å². The molecule has 0 spiro atoms. The lowest BCUT2D eigenvalue weighted by molar-refractivity contribution is 0.253. The van der Waals surface area contributed by atoms with E-state index in [-0.39, 0.29) is 6.61 Å². The number of aromatic nitrogens is 3. The monoisotopic (exact) mass is 360 g/mol. The number of hydrogen-bond acceptors (Lipinski definition) is 4. The maximum absolute atomic E-state index is 9.18. The first-order valence-electron chi connectivity index (χ1n) is 9.70. The Morgan fingerprint density at radius 1 is 1.23 bits per heavy atom. The second-order valence-electron chi connectivity index (χ2n) is 6.46. The number of aliphatic hydroxyl groups excluding tert-OH is 1. The zero-order valence-corrected chi connectivity index (χ0v) is 16.0. The summed E-state index contributed by atoms with van der Waals surface area (Å²) in [6.45, 7) is 6.88. The van der Waals surface area contributed by atoms with Crippen LogP contribution < -0.4 is 10.6 Å². The summed E-state index contributed by atoms with van der Waals surface area (Å²) in [6, 6.07) is 5.92. The van der Waals surface area contributed by atoms with Crippen LogP contribution in [0.25, 0.3) is 5.65 Å². The molecule has 26 heavy (non-hydrogen) atoms. The molecule has 1 unspecified atom stereocenters. The summed E-state index contributed by atoms with van der Waals surface area (Å²) in [5, 5.41) is 24.3. The van der Waals surface area contributed by atoms with E-state index in [9.17, 15) is 5.11 Å². The average molecular weight is 361 g/mol. The standard InChI is InChI=1S/C19H32N6O/c1-3-8-16(11-14-26)15-22-19(20-4-2)21-12-7-10-18-24-23-17-9-5-6-13-25(17)18/h5-6,9,13,16,26H,3-4,7-8,10-12,14-15H2,1-2H3,(H2,20,21,22). The first kappa shape index (κ1) is 20.2. The third kappa shape index (κ3) is 6.29. The highest BCUT2D eigenvalue weighted by molar-refractivity contribution is 5.79. The molecule has 0 saturated carbocycles. The number of aliphatic hydroxyl groups is 1. The van der Waals surface area contributed by atoms with Gasteiger partial charge in [0.25, 0.3) is 0 Å². The van der Waals surface area contributed by atoms with Gasteiger partial charge in [-0.1, -0.05) is 19.4 Å². The minimum absolute atomic E-state index is 0.233. The summed E-state index contributed by atoms with van der Waals surface area (Å²) in [5.74, 6) is 2.27. The molecule has 2 aromatic heterocycles. The molecule has 0 amide bonds. The van der Waals surface area contributed by atoms with Gasteiger partial charge in [0.05, 0.1) is 0 Å².